The molecule has 9 nitrogen and oxygen atoms in total. The Morgan fingerprint density at radius 2 is 2.03 bits per heavy atom. The fraction of sp³-hybridized carbons (Fsp3) is 0.455. The summed E-state index contributed by atoms with van der Waals surface area (Å²) in [6.07, 6.45) is 2.66. The van der Waals surface area contributed by atoms with Crippen molar-refractivity contribution in [3.63, 3.8) is 0 Å². The third-order valence-corrected chi connectivity index (χ3v) is 5.46. The van der Waals surface area contributed by atoms with Crippen molar-refractivity contribution in [2.45, 2.75) is 52.2 Å². The molecule has 1 aliphatic rings. The van der Waals surface area contributed by atoms with Crippen LogP contribution in [0, 0.1) is 0 Å². The summed E-state index contributed by atoms with van der Waals surface area (Å²) in [6.45, 7) is 7.87. The second-order valence-corrected chi connectivity index (χ2v) is 8.18. The molecular weight excluding hydrogens is 394 g/mol. The number of β-amino-alcohol motifs (C(OH)–C–C–N with tert-alkyl or cyclic N) is 1. The van der Waals surface area contributed by atoms with Gasteiger partial charge in [-0.15, -0.1) is 0 Å². The average molecular weight is 424 g/mol. The number of anilines is 3. The van der Waals surface area contributed by atoms with Gasteiger partial charge in [0.05, 0.1) is 12.3 Å². The number of aliphatic hydroxyl groups excluding tert-OH is 1. The molecule has 4 rings (SSSR count). The van der Waals surface area contributed by atoms with Crippen molar-refractivity contribution in [2.24, 2.45) is 0 Å². The smallest absolute Gasteiger partial charge is 0.230 e. The number of fused-ring (bicyclic) bond motifs is 1. The summed E-state index contributed by atoms with van der Waals surface area (Å²) < 4.78 is 1.74. The van der Waals surface area contributed by atoms with Crippen LogP contribution in [0.15, 0.2) is 30.5 Å². The van der Waals surface area contributed by atoms with Gasteiger partial charge in [-0.1, -0.05) is 32.9 Å². The predicted octanol–water partition coefficient (Wildman–Crippen LogP) is 2.78. The number of aliphatic hydroxyl groups is 1. The predicted molar refractivity (Wildman–Crippen MR) is 120 cm³/mol. The quantitative estimate of drug-likeness (QED) is 0.536. The number of benzene rings is 1. The molecule has 3 heterocycles. The maximum Gasteiger partial charge on any atom is 0.230 e. The van der Waals surface area contributed by atoms with Gasteiger partial charge in [0.2, 0.25) is 17.8 Å². The first-order valence-electron chi connectivity index (χ1n) is 10.8. The molecule has 0 saturated carbocycles. The molecule has 164 valence electrons. The molecule has 1 aromatic carbocycles. The zero-order valence-electron chi connectivity index (χ0n) is 18.2. The molecule has 0 spiro atoms. The first-order valence-corrected chi connectivity index (χ1v) is 10.8. The molecule has 2 aromatic heterocycles. The van der Waals surface area contributed by atoms with Crippen molar-refractivity contribution in [1.29, 1.82) is 0 Å². The van der Waals surface area contributed by atoms with Crippen molar-refractivity contribution in [3.8, 4) is 0 Å². The molecule has 0 unspecified atom stereocenters. The van der Waals surface area contributed by atoms with Gasteiger partial charge >= 0.3 is 0 Å². The summed E-state index contributed by atoms with van der Waals surface area (Å²) in [5.74, 6) is 1.49. The van der Waals surface area contributed by atoms with Crippen molar-refractivity contribution < 1.29 is 9.90 Å². The van der Waals surface area contributed by atoms with Crippen molar-refractivity contribution in [2.75, 3.05) is 28.6 Å². The van der Waals surface area contributed by atoms with E-state index in [4.69, 9.17) is 9.97 Å². The van der Waals surface area contributed by atoms with E-state index < -0.39 is 0 Å². The highest BCUT2D eigenvalue weighted by atomic mass is 16.3. The molecule has 1 amide bonds. The molecule has 0 radical (unpaired) electrons. The van der Waals surface area contributed by atoms with E-state index in [0.717, 1.165) is 29.0 Å². The number of rotatable bonds is 7. The third kappa shape index (κ3) is 4.61. The maximum atomic E-state index is 11.5. The van der Waals surface area contributed by atoms with Crippen molar-refractivity contribution in [1.82, 2.24) is 19.6 Å². The van der Waals surface area contributed by atoms with Crippen molar-refractivity contribution in [3.05, 3.63) is 41.6 Å². The van der Waals surface area contributed by atoms with Crippen LogP contribution >= 0.6 is 0 Å². The topological polar surface area (TPSA) is 108 Å². The second-order valence-electron chi connectivity index (χ2n) is 8.18. The van der Waals surface area contributed by atoms with Gasteiger partial charge in [0.1, 0.15) is 0 Å². The Labute approximate surface area is 181 Å². The molecule has 31 heavy (non-hydrogen) atoms. The molecule has 3 N–H and O–H groups in total. The summed E-state index contributed by atoms with van der Waals surface area (Å²) in [5.41, 5.74) is 3.67. The minimum absolute atomic E-state index is 0.00606. The van der Waals surface area contributed by atoms with E-state index in [9.17, 15) is 9.90 Å². The highest BCUT2D eigenvalue weighted by Gasteiger charge is 2.24. The first kappa shape index (κ1) is 21.0. The summed E-state index contributed by atoms with van der Waals surface area (Å²) in [6, 6.07) is 7.72. The zero-order valence-corrected chi connectivity index (χ0v) is 18.2. The van der Waals surface area contributed by atoms with E-state index in [-0.39, 0.29) is 17.9 Å². The molecule has 1 saturated heterocycles. The largest absolute Gasteiger partial charge is 0.391 e. The zero-order chi connectivity index (χ0) is 22.0. The SMILES string of the molecule is CCC(=O)Nc1ccc(CNc2nc(N3CC[C@@H](O)C3)nc3c(C(C)C)cnn23)cc1. The number of carbonyl (C=O) groups excluding carboxylic acids is 1. The number of nitrogens with one attached hydrogen (secondary N) is 2. The average Bonchev–Trinajstić information content (AvgIpc) is 3.39. The normalized spacial score (nSPS) is 16.3. The standard InChI is InChI=1S/C22H29N7O2/c1-4-19(31)25-16-7-5-15(6-8-16)11-23-21-27-22(28-10-9-17(30)13-28)26-20-18(14(2)3)12-24-29(20)21/h5-8,12,14,17,30H,4,9-11,13H2,1-3H3,(H,25,31)(H,23,26,27)/t17-/m1/s1. The highest BCUT2D eigenvalue weighted by molar-refractivity contribution is 5.90. The lowest BCUT2D eigenvalue weighted by atomic mass is 10.1. The van der Waals surface area contributed by atoms with Crippen LogP contribution in [0.3, 0.4) is 0 Å². The molecule has 1 fully saturated rings. The lowest BCUT2D eigenvalue weighted by Gasteiger charge is -2.17. The maximum absolute atomic E-state index is 11.5. The Hall–Kier alpha value is -3.20. The second kappa shape index (κ2) is 8.89. The fourth-order valence-electron chi connectivity index (χ4n) is 3.61. The van der Waals surface area contributed by atoms with Gasteiger partial charge in [0, 0.05) is 37.3 Å². The van der Waals surface area contributed by atoms with Gasteiger partial charge in [-0.05, 0) is 30.0 Å². The summed E-state index contributed by atoms with van der Waals surface area (Å²) in [4.78, 5) is 23.0. The number of carbonyl (C=O) groups is 1. The van der Waals surface area contributed by atoms with Crippen LogP contribution in [-0.4, -0.2) is 49.8 Å². The lowest BCUT2D eigenvalue weighted by Crippen LogP contribution is -2.24. The van der Waals surface area contributed by atoms with Gasteiger partial charge in [0.25, 0.3) is 0 Å². The minimum atomic E-state index is -0.350. The molecule has 0 aliphatic carbocycles. The first-order chi connectivity index (χ1) is 14.9. The summed E-state index contributed by atoms with van der Waals surface area (Å²) >= 11 is 0. The Morgan fingerprint density at radius 1 is 1.26 bits per heavy atom. The van der Waals surface area contributed by atoms with Crippen LogP contribution in [0.25, 0.3) is 5.65 Å². The van der Waals surface area contributed by atoms with Crippen LogP contribution in [0.5, 0.6) is 0 Å². The van der Waals surface area contributed by atoms with Crippen LogP contribution in [0.4, 0.5) is 17.6 Å². The Morgan fingerprint density at radius 3 is 2.68 bits per heavy atom. The molecule has 1 aliphatic heterocycles. The van der Waals surface area contributed by atoms with E-state index in [1.54, 1.807) is 4.52 Å². The minimum Gasteiger partial charge on any atom is -0.391 e. The summed E-state index contributed by atoms with van der Waals surface area (Å²) in [5, 5.41) is 20.7. The number of amides is 1. The highest BCUT2D eigenvalue weighted by Crippen LogP contribution is 2.25. The van der Waals surface area contributed by atoms with Gasteiger partial charge in [0.15, 0.2) is 5.65 Å². The molecule has 3 aromatic rings. The van der Waals surface area contributed by atoms with Crippen LogP contribution in [0.1, 0.15) is 50.7 Å². The Bertz CT molecular complexity index is 1060. The molecular formula is C22H29N7O2. The van der Waals surface area contributed by atoms with Crippen LogP contribution in [-0.2, 0) is 11.3 Å². The Balaban J connectivity index is 1.58. The van der Waals surface area contributed by atoms with Crippen molar-refractivity contribution >= 4 is 29.1 Å². The summed E-state index contributed by atoms with van der Waals surface area (Å²) in [7, 11) is 0. The molecule has 9 heteroatoms. The number of hydrogen-bond acceptors (Lipinski definition) is 7. The number of hydrogen-bond donors (Lipinski definition) is 3. The van der Waals surface area contributed by atoms with Gasteiger partial charge in [-0.3, -0.25) is 4.79 Å². The molecule has 0 bridgehead atoms. The van der Waals surface area contributed by atoms with E-state index in [1.807, 2.05) is 42.3 Å². The monoisotopic (exact) mass is 423 g/mol. The third-order valence-electron chi connectivity index (χ3n) is 5.46. The van der Waals surface area contributed by atoms with E-state index in [2.05, 4.69) is 29.6 Å². The van der Waals surface area contributed by atoms with E-state index in [1.165, 1.54) is 0 Å². The molecule has 1 atom stereocenters. The lowest BCUT2D eigenvalue weighted by molar-refractivity contribution is -0.115. The van der Waals surface area contributed by atoms with E-state index >= 15 is 0 Å². The Kier molecular flexibility index (Phi) is 6.03. The van der Waals surface area contributed by atoms with Gasteiger partial charge in [-0.25, -0.2) is 0 Å². The van der Waals surface area contributed by atoms with Crippen LogP contribution < -0.4 is 15.5 Å². The fourth-order valence-corrected chi connectivity index (χ4v) is 3.61. The van der Waals surface area contributed by atoms with Gasteiger partial charge < -0.3 is 20.6 Å². The van der Waals surface area contributed by atoms with E-state index in [0.29, 0.717) is 37.8 Å². The van der Waals surface area contributed by atoms with Gasteiger partial charge in [-0.2, -0.15) is 19.6 Å². The number of aromatic nitrogens is 4. The van der Waals surface area contributed by atoms with Crippen LogP contribution in [0.2, 0.25) is 0 Å². The number of nitrogens with zero attached hydrogens (tertiary/aromatic N) is 5.